The second-order valence-corrected chi connectivity index (χ2v) is 8.21. The molecule has 2 heterocycles. The van der Waals surface area contributed by atoms with Crippen molar-refractivity contribution < 1.29 is 9.32 Å². The molecule has 3 rings (SSSR count). The largest absolute Gasteiger partial charge is 0.361 e. The summed E-state index contributed by atoms with van der Waals surface area (Å²) in [7, 11) is 0. The molecule has 0 spiro atoms. The van der Waals surface area contributed by atoms with Gasteiger partial charge in [0.1, 0.15) is 5.76 Å². The predicted molar refractivity (Wildman–Crippen MR) is 106 cm³/mol. The van der Waals surface area contributed by atoms with Crippen molar-refractivity contribution in [3.63, 3.8) is 0 Å². The number of hydrogen-bond acceptors (Lipinski definition) is 4. The zero-order valence-electron chi connectivity index (χ0n) is 16.9. The highest BCUT2D eigenvalue weighted by Gasteiger charge is 2.21. The van der Waals surface area contributed by atoms with Gasteiger partial charge in [-0.3, -0.25) is 9.69 Å². The van der Waals surface area contributed by atoms with Crippen LogP contribution in [0.4, 0.5) is 0 Å². The molecule has 1 aromatic heterocycles. The molecule has 1 fully saturated rings. The van der Waals surface area contributed by atoms with Crippen LogP contribution in [-0.2, 0) is 24.3 Å². The summed E-state index contributed by atoms with van der Waals surface area (Å²) in [5.74, 6) is 2.26. The average molecular weight is 370 g/mol. The maximum atomic E-state index is 12.2. The lowest BCUT2D eigenvalue weighted by Crippen LogP contribution is -2.38. The first-order valence-electron chi connectivity index (χ1n) is 9.89. The van der Waals surface area contributed by atoms with Gasteiger partial charge in [0, 0.05) is 31.7 Å². The molecule has 1 saturated heterocycles. The van der Waals surface area contributed by atoms with E-state index in [2.05, 4.69) is 53.5 Å². The van der Waals surface area contributed by atoms with E-state index in [-0.39, 0.29) is 5.91 Å². The Kier molecular flexibility index (Phi) is 6.32. The van der Waals surface area contributed by atoms with Gasteiger partial charge < -0.3 is 9.84 Å². The van der Waals surface area contributed by atoms with E-state index in [1.54, 1.807) is 0 Å². The molecule has 1 aliphatic heterocycles. The molecule has 0 bridgehead atoms. The van der Waals surface area contributed by atoms with Gasteiger partial charge in [0.05, 0.1) is 12.1 Å². The Morgan fingerprint density at radius 3 is 2.37 bits per heavy atom. The first-order valence-corrected chi connectivity index (χ1v) is 9.89. The molecule has 1 amide bonds. The number of nitrogens with zero attached hydrogens (tertiary/aromatic N) is 2. The highest BCUT2D eigenvalue weighted by atomic mass is 16.5. The summed E-state index contributed by atoms with van der Waals surface area (Å²) in [5.41, 5.74) is 4.12. The van der Waals surface area contributed by atoms with Crippen LogP contribution in [0.15, 0.2) is 28.8 Å². The fourth-order valence-corrected chi connectivity index (χ4v) is 4.12. The minimum absolute atomic E-state index is 0.00947. The topological polar surface area (TPSA) is 58.4 Å². The van der Waals surface area contributed by atoms with Crippen molar-refractivity contribution in [1.29, 1.82) is 0 Å². The van der Waals surface area contributed by atoms with Crippen molar-refractivity contribution in [3.05, 3.63) is 52.4 Å². The molecule has 0 aliphatic carbocycles. The van der Waals surface area contributed by atoms with E-state index < -0.39 is 0 Å². The number of likely N-dealkylation sites (tertiary alicyclic amines) is 1. The van der Waals surface area contributed by atoms with Crippen LogP contribution in [-0.4, -0.2) is 29.1 Å². The first-order chi connectivity index (χ1) is 12.9. The average Bonchev–Trinajstić information content (AvgIpc) is 2.92. The normalized spacial score (nSPS) is 20.6. The zero-order chi connectivity index (χ0) is 19.4. The van der Waals surface area contributed by atoms with Gasteiger partial charge in [0.15, 0.2) is 0 Å². The van der Waals surface area contributed by atoms with Crippen LogP contribution in [0.1, 0.15) is 48.4 Å². The molecule has 0 unspecified atom stereocenters. The Hall–Kier alpha value is -2.14. The molecule has 1 aromatic carbocycles. The molecule has 146 valence electrons. The molecule has 0 saturated carbocycles. The van der Waals surface area contributed by atoms with Crippen molar-refractivity contribution in [1.82, 2.24) is 15.4 Å². The smallest absolute Gasteiger partial charge is 0.224 e. The molecule has 0 radical (unpaired) electrons. The van der Waals surface area contributed by atoms with E-state index in [1.807, 2.05) is 13.8 Å². The fourth-order valence-electron chi connectivity index (χ4n) is 4.12. The third-order valence-corrected chi connectivity index (χ3v) is 5.38. The Balaban J connectivity index is 1.48. The number of carbonyl (C=O) groups is 1. The lowest BCUT2D eigenvalue weighted by atomic mass is 9.91. The van der Waals surface area contributed by atoms with Crippen molar-refractivity contribution in [2.45, 2.75) is 53.6 Å². The maximum Gasteiger partial charge on any atom is 0.224 e. The minimum Gasteiger partial charge on any atom is -0.361 e. The molecule has 1 N–H and O–H groups in total. The van der Waals surface area contributed by atoms with Gasteiger partial charge in [-0.15, -0.1) is 0 Å². The van der Waals surface area contributed by atoms with Crippen molar-refractivity contribution in [2.24, 2.45) is 11.8 Å². The third kappa shape index (κ3) is 5.42. The number of nitrogens with one attached hydrogen (secondary N) is 1. The van der Waals surface area contributed by atoms with E-state index in [9.17, 15) is 4.79 Å². The van der Waals surface area contributed by atoms with Gasteiger partial charge in [0.2, 0.25) is 5.91 Å². The van der Waals surface area contributed by atoms with E-state index in [4.69, 9.17) is 4.52 Å². The Morgan fingerprint density at radius 1 is 1.15 bits per heavy atom. The number of aryl methyl sites for hydroxylation is 2. The van der Waals surface area contributed by atoms with E-state index in [1.165, 1.54) is 25.1 Å². The van der Waals surface area contributed by atoms with Crippen LogP contribution in [0, 0.1) is 25.7 Å². The monoisotopic (exact) mass is 369 g/mol. The van der Waals surface area contributed by atoms with E-state index >= 15 is 0 Å². The van der Waals surface area contributed by atoms with Crippen molar-refractivity contribution in [2.75, 3.05) is 13.1 Å². The Bertz CT molecular complexity index is 737. The number of aromatic nitrogens is 1. The fraction of sp³-hybridized carbons (Fsp3) is 0.545. The lowest BCUT2D eigenvalue weighted by Gasteiger charge is -2.35. The zero-order valence-corrected chi connectivity index (χ0v) is 16.9. The third-order valence-electron chi connectivity index (χ3n) is 5.38. The maximum absolute atomic E-state index is 12.2. The number of benzene rings is 1. The quantitative estimate of drug-likeness (QED) is 0.845. The second kappa shape index (κ2) is 8.70. The van der Waals surface area contributed by atoms with Gasteiger partial charge in [-0.1, -0.05) is 43.3 Å². The van der Waals surface area contributed by atoms with Crippen LogP contribution in [0.3, 0.4) is 0 Å². The van der Waals surface area contributed by atoms with Crippen molar-refractivity contribution >= 4 is 5.91 Å². The summed E-state index contributed by atoms with van der Waals surface area (Å²) in [6.07, 6.45) is 1.65. The summed E-state index contributed by atoms with van der Waals surface area (Å²) in [5, 5.41) is 6.88. The van der Waals surface area contributed by atoms with Crippen molar-refractivity contribution in [3.8, 4) is 0 Å². The highest BCUT2D eigenvalue weighted by molar-refractivity contribution is 5.78. The van der Waals surface area contributed by atoms with Crippen LogP contribution >= 0.6 is 0 Å². The molecule has 1 aliphatic rings. The van der Waals surface area contributed by atoms with E-state index in [0.717, 1.165) is 35.2 Å². The first kappa shape index (κ1) is 19.6. The minimum atomic E-state index is -0.00947. The molecule has 2 atom stereocenters. The Morgan fingerprint density at radius 2 is 1.78 bits per heavy atom. The van der Waals surface area contributed by atoms with Gasteiger partial charge in [-0.2, -0.15) is 0 Å². The van der Waals surface area contributed by atoms with E-state index in [0.29, 0.717) is 18.7 Å². The number of rotatable bonds is 6. The molecule has 2 aromatic rings. The van der Waals surface area contributed by atoms with Gasteiger partial charge in [0.25, 0.3) is 0 Å². The van der Waals surface area contributed by atoms with Crippen LogP contribution in [0.2, 0.25) is 0 Å². The highest BCUT2D eigenvalue weighted by Crippen LogP contribution is 2.22. The van der Waals surface area contributed by atoms with Crippen LogP contribution in [0.5, 0.6) is 0 Å². The SMILES string of the molecule is Cc1noc(C)c1CC(=O)NCc1ccc(CN2C[C@H](C)C[C@H](C)C2)cc1. The summed E-state index contributed by atoms with van der Waals surface area (Å²) in [4.78, 5) is 14.7. The summed E-state index contributed by atoms with van der Waals surface area (Å²) in [6.45, 7) is 12.3. The van der Waals surface area contributed by atoms with Crippen LogP contribution < -0.4 is 5.32 Å². The summed E-state index contributed by atoms with van der Waals surface area (Å²) >= 11 is 0. The van der Waals surface area contributed by atoms with Crippen LogP contribution in [0.25, 0.3) is 0 Å². The molecular weight excluding hydrogens is 338 g/mol. The molecule has 5 nitrogen and oxygen atoms in total. The molecule has 27 heavy (non-hydrogen) atoms. The summed E-state index contributed by atoms with van der Waals surface area (Å²) in [6, 6.07) is 8.59. The molecular formula is C22H31N3O2. The number of carbonyl (C=O) groups excluding carboxylic acids is 1. The Labute approximate surface area is 162 Å². The lowest BCUT2D eigenvalue weighted by molar-refractivity contribution is -0.120. The second-order valence-electron chi connectivity index (χ2n) is 8.21. The standard InChI is InChI=1S/C22H31N3O2/c1-15-9-16(2)13-25(12-15)14-20-7-5-19(6-8-20)11-23-22(26)10-21-17(3)24-27-18(21)4/h5-8,15-16H,9-14H2,1-4H3,(H,23,26)/t15-,16+. The predicted octanol–water partition coefficient (Wildman–Crippen LogP) is 3.63. The molecule has 5 heteroatoms. The van der Waals surface area contributed by atoms with Gasteiger partial charge in [-0.05, 0) is 43.2 Å². The number of piperidine rings is 1. The number of amides is 1. The number of hydrogen-bond donors (Lipinski definition) is 1. The van der Waals surface area contributed by atoms with Gasteiger partial charge >= 0.3 is 0 Å². The van der Waals surface area contributed by atoms with Gasteiger partial charge in [-0.25, -0.2) is 0 Å². The summed E-state index contributed by atoms with van der Waals surface area (Å²) < 4.78 is 5.11.